The predicted octanol–water partition coefficient (Wildman–Crippen LogP) is 10.4. The summed E-state index contributed by atoms with van der Waals surface area (Å²) in [6, 6.07) is 0. The molecule has 0 bridgehead atoms. The molecule has 60 heavy (non-hydrogen) atoms. The molecular weight excluding hydrogens is 789 g/mol. The molecule has 0 radical (unpaired) electrons. The Labute approximate surface area is 365 Å². The van der Waals surface area contributed by atoms with Gasteiger partial charge < -0.3 is 34.3 Å². The summed E-state index contributed by atoms with van der Waals surface area (Å²) >= 11 is 0. The molecule has 4 N–H and O–H groups in total. The van der Waals surface area contributed by atoms with Gasteiger partial charge in [-0.1, -0.05) is 179 Å². The monoisotopic (exact) mass is 877 g/mol. The van der Waals surface area contributed by atoms with Crippen molar-refractivity contribution in [1.82, 2.24) is 0 Å². The molecule has 0 aromatic rings. The van der Waals surface area contributed by atoms with E-state index in [1.54, 1.807) is 0 Å². The van der Waals surface area contributed by atoms with Gasteiger partial charge in [-0.15, -0.1) is 0 Å². The number of unbranched alkanes of at least 4 members (excludes halogenated alkanes) is 25. The molecule has 1 aliphatic heterocycles. The Morgan fingerprint density at radius 1 is 0.633 bits per heavy atom. The number of allylic oxidation sites excluding steroid dienone is 4. The zero-order valence-electron chi connectivity index (χ0n) is 37.8. The van der Waals surface area contributed by atoms with Crippen LogP contribution in [0.4, 0.5) is 0 Å². The second-order valence-electron chi connectivity index (χ2n) is 16.7. The van der Waals surface area contributed by atoms with Crippen LogP contribution in [0.15, 0.2) is 24.3 Å². The molecule has 0 aromatic heterocycles. The molecule has 0 aromatic carbocycles. The predicted molar refractivity (Wildman–Crippen MR) is 239 cm³/mol. The summed E-state index contributed by atoms with van der Waals surface area (Å²) in [5.74, 6) is -0.404. The van der Waals surface area contributed by atoms with Gasteiger partial charge in [0.15, 0.2) is 6.29 Å². The van der Waals surface area contributed by atoms with Gasteiger partial charge >= 0.3 is 16.4 Å². The maximum Gasteiger partial charge on any atom is 0.397 e. The van der Waals surface area contributed by atoms with Crippen LogP contribution < -0.4 is 0 Å². The third-order valence-electron chi connectivity index (χ3n) is 11.1. The number of ether oxygens (including phenoxy) is 4. The van der Waals surface area contributed by atoms with E-state index in [0.717, 1.165) is 44.9 Å². The van der Waals surface area contributed by atoms with Crippen molar-refractivity contribution >= 4 is 16.4 Å². The normalized spacial score (nSPS) is 20.4. The highest BCUT2D eigenvalue weighted by molar-refractivity contribution is 7.80. The van der Waals surface area contributed by atoms with E-state index in [2.05, 4.69) is 42.3 Å². The Morgan fingerprint density at radius 2 is 1.10 bits per heavy atom. The molecular formula is C47H88O12S. The van der Waals surface area contributed by atoms with Crippen LogP contribution in [-0.2, 0) is 38.3 Å². The van der Waals surface area contributed by atoms with Gasteiger partial charge in [-0.3, -0.25) is 9.35 Å². The fraction of sp³-hybridized carbons (Fsp3) is 0.894. The molecule has 0 aliphatic carbocycles. The third kappa shape index (κ3) is 32.3. The summed E-state index contributed by atoms with van der Waals surface area (Å²) in [4.78, 5) is 12.7. The van der Waals surface area contributed by atoms with Crippen molar-refractivity contribution in [2.75, 3.05) is 26.4 Å². The molecule has 6 atom stereocenters. The summed E-state index contributed by atoms with van der Waals surface area (Å²) in [6.45, 7) is 3.94. The third-order valence-corrected chi connectivity index (χ3v) is 11.5. The lowest BCUT2D eigenvalue weighted by Crippen LogP contribution is -2.60. The number of aliphatic hydroxyl groups is 3. The molecule has 1 heterocycles. The van der Waals surface area contributed by atoms with Crippen molar-refractivity contribution in [3.8, 4) is 0 Å². The maximum absolute atomic E-state index is 12.7. The van der Waals surface area contributed by atoms with Crippen molar-refractivity contribution in [2.45, 2.75) is 243 Å². The molecule has 1 saturated heterocycles. The molecule has 6 unspecified atom stereocenters. The molecule has 1 fully saturated rings. The molecule has 0 spiro atoms. The first kappa shape index (κ1) is 56.6. The Morgan fingerprint density at radius 3 is 1.58 bits per heavy atom. The maximum atomic E-state index is 12.7. The van der Waals surface area contributed by atoms with Crippen LogP contribution in [0, 0.1) is 0 Å². The van der Waals surface area contributed by atoms with Crippen LogP contribution in [0.3, 0.4) is 0 Å². The van der Waals surface area contributed by atoms with Gasteiger partial charge in [0.2, 0.25) is 0 Å². The molecule has 354 valence electrons. The Bertz CT molecular complexity index is 1150. The van der Waals surface area contributed by atoms with Crippen LogP contribution in [0.1, 0.15) is 206 Å². The average molecular weight is 877 g/mol. The van der Waals surface area contributed by atoms with Crippen LogP contribution in [0.5, 0.6) is 0 Å². The van der Waals surface area contributed by atoms with Gasteiger partial charge in [-0.25, -0.2) is 4.18 Å². The number of hydrogen-bond donors (Lipinski definition) is 4. The van der Waals surface area contributed by atoms with Gasteiger partial charge in [0.05, 0.1) is 19.8 Å². The Kier molecular flexibility index (Phi) is 37.0. The van der Waals surface area contributed by atoms with Gasteiger partial charge in [-0.05, 0) is 44.9 Å². The lowest BCUT2D eigenvalue weighted by molar-refractivity contribution is -0.301. The Balaban J connectivity index is 2.22. The van der Waals surface area contributed by atoms with Gasteiger partial charge in [-0.2, -0.15) is 8.42 Å². The zero-order chi connectivity index (χ0) is 43.9. The summed E-state index contributed by atoms with van der Waals surface area (Å²) in [7, 11) is -5.05. The SMILES string of the molecule is CCCCCCC/C=C\C/C=C\CCCCCCCCCCCCCCCCOCC(COC1OC(CO)C(O)C(OS(=O)(=O)O)C1O)OC(=O)CCCCCCCCC. The number of rotatable bonds is 42. The summed E-state index contributed by atoms with van der Waals surface area (Å²) in [5.41, 5.74) is 0. The second kappa shape index (κ2) is 39.2. The van der Waals surface area contributed by atoms with Gasteiger partial charge in [0, 0.05) is 13.0 Å². The van der Waals surface area contributed by atoms with Gasteiger partial charge in [0.1, 0.15) is 30.5 Å². The highest BCUT2D eigenvalue weighted by Crippen LogP contribution is 2.26. The summed E-state index contributed by atoms with van der Waals surface area (Å²) < 4.78 is 58.9. The van der Waals surface area contributed by atoms with E-state index in [-0.39, 0.29) is 19.6 Å². The van der Waals surface area contributed by atoms with Crippen molar-refractivity contribution in [1.29, 1.82) is 0 Å². The largest absolute Gasteiger partial charge is 0.457 e. The first-order chi connectivity index (χ1) is 29.1. The highest BCUT2D eigenvalue weighted by atomic mass is 32.3. The number of carbonyl (C=O) groups excluding carboxylic acids is 1. The van der Waals surface area contributed by atoms with Crippen LogP contribution >= 0.6 is 0 Å². The number of carbonyl (C=O) groups is 1. The van der Waals surface area contributed by atoms with E-state index < -0.39 is 59.8 Å². The van der Waals surface area contributed by atoms with Gasteiger partial charge in [0.25, 0.3) is 0 Å². The van der Waals surface area contributed by atoms with E-state index >= 15 is 0 Å². The minimum absolute atomic E-state index is 0.0391. The number of aliphatic hydroxyl groups excluding tert-OH is 3. The minimum atomic E-state index is -5.05. The summed E-state index contributed by atoms with van der Waals surface area (Å²) in [6.07, 6.45) is 35.4. The lowest BCUT2D eigenvalue weighted by atomic mass is 9.99. The molecule has 1 aliphatic rings. The quantitative estimate of drug-likeness (QED) is 0.0198. The van der Waals surface area contributed by atoms with Crippen LogP contribution in [0.2, 0.25) is 0 Å². The first-order valence-corrected chi connectivity index (χ1v) is 25.5. The number of esters is 1. The molecule has 12 nitrogen and oxygen atoms in total. The van der Waals surface area contributed by atoms with Crippen LogP contribution in [-0.4, -0.2) is 97.5 Å². The molecule has 13 heteroatoms. The van der Waals surface area contributed by atoms with Crippen molar-refractivity contribution in [2.24, 2.45) is 0 Å². The van der Waals surface area contributed by atoms with Crippen LogP contribution in [0.25, 0.3) is 0 Å². The fourth-order valence-electron chi connectivity index (χ4n) is 7.41. The first-order valence-electron chi connectivity index (χ1n) is 24.1. The topological polar surface area (TPSA) is 178 Å². The Hall–Kier alpha value is -1.42. The minimum Gasteiger partial charge on any atom is -0.457 e. The van der Waals surface area contributed by atoms with E-state index in [1.807, 2.05) is 0 Å². The molecule has 1 rings (SSSR count). The van der Waals surface area contributed by atoms with E-state index in [9.17, 15) is 28.5 Å². The van der Waals surface area contributed by atoms with Crippen molar-refractivity contribution in [3.63, 3.8) is 0 Å². The standard InChI is InChI=1S/C47H88O12S/c1-3-5-7-9-11-12-13-14-15-16-17-18-19-20-21-22-23-24-25-26-27-28-29-31-33-35-37-55-39-41(57-43(49)36-34-32-30-10-8-6-4-2)40-56-47-45(51)46(59-60(52,53)54)44(50)42(38-48)58-47/h13-14,16-17,41-42,44-48,50-51H,3-12,15,18-40H2,1-2H3,(H,52,53,54)/b14-13-,17-16-. The van der Waals surface area contributed by atoms with E-state index in [0.29, 0.717) is 13.0 Å². The second-order valence-corrected chi connectivity index (χ2v) is 17.8. The summed E-state index contributed by atoms with van der Waals surface area (Å²) in [5, 5.41) is 30.6. The molecule has 0 amide bonds. The number of hydrogen-bond acceptors (Lipinski definition) is 11. The van der Waals surface area contributed by atoms with E-state index in [4.69, 9.17) is 23.5 Å². The van der Waals surface area contributed by atoms with Crippen molar-refractivity contribution in [3.05, 3.63) is 24.3 Å². The zero-order valence-corrected chi connectivity index (χ0v) is 38.6. The van der Waals surface area contributed by atoms with Crippen molar-refractivity contribution < 1.29 is 56.2 Å². The smallest absolute Gasteiger partial charge is 0.397 e. The fourth-order valence-corrected chi connectivity index (χ4v) is 7.92. The lowest BCUT2D eigenvalue weighted by Gasteiger charge is -2.41. The average Bonchev–Trinajstić information content (AvgIpc) is 3.22. The van der Waals surface area contributed by atoms with E-state index in [1.165, 1.54) is 135 Å². The molecule has 0 saturated carbocycles. The highest BCUT2D eigenvalue weighted by Gasteiger charge is 2.48.